The lowest BCUT2D eigenvalue weighted by Gasteiger charge is -2.51. The second kappa shape index (κ2) is 5.68. The largest absolute Gasteiger partial charge is 0.410 e. The highest BCUT2D eigenvalue weighted by molar-refractivity contribution is 6.74. The Hall–Kier alpha value is -0.643. The Morgan fingerprint density at radius 3 is 2.33 bits per heavy atom. The number of benzene rings is 1. The zero-order chi connectivity index (χ0) is 17.9. The highest BCUT2D eigenvalue weighted by Crippen LogP contribution is 2.53. The summed E-state index contributed by atoms with van der Waals surface area (Å²) in [5.74, 6) is 0. The van der Waals surface area contributed by atoms with Crippen LogP contribution in [0.1, 0.15) is 76.9 Å². The molecule has 3 heteroatoms. The summed E-state index contributed by atoms with van der Waals surface area (Å²) in [6.45, 7) is 18.5. The molecule has 0 aromatic heterocycles. The van der Waals surface area contributed by atoms with Crippen molar-refractivity contribution in [3.8, 4) is 0 Å². The van der Waals surface area contributed by atoms with Crippen LogP contribution in [-0.2, 0) is 15.6 Å². The summed E-state index contributed by atoms with van der Waals surface area (Å²) in [4.78, 5) is 0. The van der Waals surface area contributed by atoms with Gasteiger partial charge in [0.05, 0.1) is 18.3 Å². The number of hydrogen-bond donors (Lipinski definition) is 0. The third kappa shape index (κ3) is 2.79. The Morgan fingerprint density at radius 2 is 1.79 bits per heavy atom. The van der Waals surface area contributed by atoms with E-state index in [1.807, 2.05) is 0 Å². The third-order valence-electron chi connectivity index (χ3n) is 6.84. The van der Waals surface area contributed by atoms with Gasteiger partial charge in [0.1, 0.15) is 0 Å². The molecule has 1 aromatic carbocycles. The first-order chi connectivity index (χ1) is 10.9. The van der Waals surface area contributed by atoms with Crippen LogP contribution in [0.5, 0.6) is 0 Å². The first kappa shape index (κ1) is 18.2. The van der Waals surface area contributed by atoms with E-state index in [4.69, 9.17) is 9.16 Å². The normalized spacial score (nSPS) is 29.2. The third-order valence-corrected chi connectivity index (χ3v) is 11.3. The van der Waals surface area contributed by atoms with E-state index in [0.29, 0.717) is 6.10 Å². The Labute approximate surface area is 149 Å². The topological polar surface area (TPSA) is 18.5 Å². The molecule has 1 saturated heterocycles. The van der Waals surface area contributed by atoms with Crippen LogP contribution in [0, 0.1) is 5.41 Å². The molecule has 1 heterocycles. The van der Waals surface area contributed by atoms with Crippen LogP contribution in [0.25, 0.3) is 0 Å². The van der Waals surface area contributed by atoms with Gasteiger partial charge >= 0.3 is 0 Å². The van der Waals surface area contributed by atoms with Gasteiger partial charge in [-0.05, 0) is 54.6 Å². The second-order valence-corrected chi connectivity index (χ2v) is 14.6. The summed E-state index contributed by atoms with van der Waals surface area (Å²) in [5.41, 5.74) is 4.52. The Kier molecular flexibility index (Phi) is 4.30. The van der Waals surface area contributed by atoms with Crippen molar-refractivity contribution in [2.45, 2.75) is 90.8 Å². The van der Waals surface area contributed by atoms with Crippen LogP contribution < -0.4 is 0 Å². The molecule has 1 aromatic rings. The monoisotopic (exact) mass is 346 g/mol. The maximum Gasteiger partial charge on any atom is 0.192 e. The van der Waals surface area contributed by atoms with Crippen LogP contribution in [0.2, 0.25) is 18.1 Å². The highest BCUT2D eigenvalue weighted by Gasteiger charge is 2.49. The van der Waals surface area contributed by atoms with E-state index in [0.717, 1.165) is 12.8 Å². The van der Waals surface area contributed by atoms with E-state index < -0.39 is 8.32 Å². The van der Waals surface area contributed by atoms with E-state index in [-0.39, 0.29) is 22.7 Å². The lowest BCUT2D eigenvalue weighted by atomic mass is 9.72. The van der Waals surface area contributed by atoms with Crippen LogP contribution >= 0.6 is 0 Å². The molecule has 24 heavy (non-hydrogen) atoms. The summed E-state index contributed by atoms with van der Waals surface area (Å²) in [5, 5.41) is 0.252. The lowest BCUT2D eigenvalue weighted by molar-refractivity contribution is -0.230. The van der Waals surface area contributed by atoms with E-state index in [1.54, 1.807) is 0 Å². The first-order valence-electron chi connectivity index (χ1n) is 9.40. The maximum atomic E-state index is 6.75. The van der Waals surface area contributed by atoms with Crippen molar-refractivity contribution in [1.29, 1.82) is 0 Å². The van der Waals surface area contributed by atoms with E-state index in [2.05, 4.69) is 72.8 Å². The van der Waals surface area contributed by atoms with Crippen molar-refractivity contribution in [2.75, 3.05) is 0 Å². The quantitative estimate of drug-likeness (QED) is 0.608. The molecular formula is C21H34O2Si. The molecule has 0 spiro atoms. The lowest BCUT2D eigenvalue weighted by Crippen LogP contribution is -2.48. The first-order valence-corrected chi connectivity index (χ1v) is 12.3. The molecular weight excluding hydrogens is 312 g/mol. The molecule has 1 aliphatic heterocycles. The van der Waals surface area contributed by atoms with Crippen LogP contribution in [0.4, 0.5) is 0 Å². The molecule has 2 aliphatic rings. The van der Waals surface area contributed by atoms with Gasteiger partial charge in [-0.25, -0.2) is 0 Å². The van der Waals surface area contributed by atoms with Crippen molar-refractivity contribution < 1.29 is 9.16 Å². The van der Waals surface area contributed by atoms with Gasteiger partial charge < -0.3 is 9.16 Å². The summed E-state index contributed by atoms with van der Waals surface area (Å²) in [7, 11) is -1.75. The Balaban J connectivity index is 1.88. The minimum atomic E-state index is -1.75. The van der Waals surface area contributed by atoms with E-state index in [1.165, 1.54) is 16.7 Å². The smallest absolute Gasteiger partial charge is 0.192 e. The SMILES string of the molecule is CC1OC(c2cccc3c2CCC3O[Si](C)(C)C(C)(C)C)C1(C)C. The zero-order valence-electron chi connectivity index (χ0n) is 16.7. The predicted molar refractivity (Wildman–Crippen MR) is 103 cm³/mol. The van der Waals surface area contributed by atoms with Gasteiger partial charge in [-0.1, -0.05) is 52.8 Å². The molecule has 134 valence electrons. The van der Waals surface area contributed by atoms with Gasteiger partial charge in [-0.3, -0.25) is 0 Å². The predicted octanol–water partition coefficient (Wildman–Crippen LogP) is 6.18. The van der Waals surface area contributed by atoms with Crippen molar-refractivity contribution in [1.82, 2.24) is 0 Å². The summed E-state index contributed by atoms with van der Waals surface area (Å²) < 4.78 is 12.9. The Bertz CT molecular complexity index is 627. The molecule has 3 rings (SSSR count). The van der Waals surface area contributed by atoms with E-state index in [9.17, 15) is 0 Å². The van der Waals surface area contributed by atoms with Gasteiger partial charge in [0.25, 0.3) is 0 Å². The summed E-state index contributed by atoms with van der Waals surface area (Å²) >= 11 is 0. The van der Waals surface area contributed by atoms with Gasteiger partial charge in [0.2, 0.25) is 0 Å². The van der Waals surface area contributed by atoms with Crippen molar-refractivity contribution in [3.63, 3.8) is 0 Å². The zero-order valence-corrected chi connectivity index (χ0v) is 17.7. The van der Waals surface area contributed by atoms with Crippen LogP contribution in [0.15, 0.2) is 18.2 Å². The molecule has 1 aliphatic carbocycles. The molecule has 3 unspecified atom stereocenters. The molecule has 3 atom stereocenters. The maximum absolute atomic E-state index is 6.75. The minimum absolute atomic E-state index is 0.216. The fourth-order valence-corrected chi connectivity index (χ4v) is 5.02. The standard InChI is InChI=1S/C21H34O2Si/c1-14-21(5,6)19(22-14)17-11-9-10-16-15(17)12-13-18(16)23-24(7,8)20(2,3)4/h9-11,14,18-19H,12-13H2,1-8H3. The number of fused-ring (bicyclic) bond motifs is 1. The van der Waals surface area contributed by atoms with Gasteiger partial charge in [-0.15, -0.1) is 0 Å². The van der Waals surface area contributed by atoms with Crippen molar-refractivity contribution >= 4 is 8.32 Å². The van der Waals surface area contributed by atoms with E-state index >= 15 is 0 Å². The summed E-state index contributed by atoms with van der Waals surface area (Å²) in [6, 6.07) is 6.74. The molecule has 1 fully saturated rings. The average molecular weight is 347 g/mol. The molecule has 0 saturated carbocycles. The number of hydrogen-bond acceptors (Lipinski definition) is 2. The minimum Gasteiger partial charge on any atom is -0.410 e. The van der Waals surface area contributed by atoms with Crippen molar-refractivity contribution in [3.05, 3.63) is 34.9 Å². The number of rotatable bonds is 3. The summed E-state index contributed by atoms with van der Waals surface area (Å²) in [6.07, 6.45) is 3.06. The molecule has 0 amide bonds. The average Bonchev–Trinajstić information content (AvgIpc) is 2.86. The van der Waals surface area contributed by atoms with Crippen molar-refractivity contribution in [2.24, 2.45) is 5.41 Å². The van der Waals surface area contributed by atoms with Crippen LogP contribution in [-0.4, -0.2) is 14.4 Å². The Morgan fingerprint density at radius 1 is 1.17 bits per heavy atom. The molecule has 2 nitrogen and oxygen atoms in total. The fraction of sp³-hybridized carbons (Fsp3) is 0.714. The molecule has 0 N–H and O–H groups in total. The fourth-order valence-electron chi connectivity index (χ4n) is 3.71. The highest BCUT2D eigenvalue weighted by atomic mass is 28.4. The second-order valence-electron chi connectivity index (χ2n) is 9.80. The van der Waals surface area contributed by atoms with Gasteiger partial charge in [-0.2, -0.15) is 0 Å². The van der Waals surface area contributed by atoms with Gasteiger partial charge in [0.15, 0.2) is 8.32 Å². The van der Waals surface area contributed by atoms with Crippen LogP contribution in [0.3, 0.4) is 0 Å². The molecule has 0 radical (unpaired) electrons. The van der Waals surface area contributed by atoms with Gasteiger partial charge in [0, 0.05) is 5.41 Å². The molecule has 0 bridgehead atoms. The number of ether oxygens (including phenoxy) is 1.